The van der Waals surface area contributed by atoms with Crippen LogP contribution in [0.4, 0.5) is 0 Å². The second-order valence-corrected chi connectivity index (χ2v) is 20.9. The average Bonchev–Trinajstić information content (AvgIpc) is 3.49. The smallest absolute Gasteiger partial charge is 0.306 e. The van der Waals surface area contributed by atoms with Gasteiger partial charge in [-0.15, -0.1) is 0 Å². The molecule has 0 fully saturated rings. The van der Waals surface area contributed by atoms with Gasteiger partial charge in [0.05, 0.1) is 0 Å². The minimum Gasteiger partial charge on any atom is -0.462 e. The van der Waals surface area contributed by atoms with Crippen LogP contribution in [0.5, 0.6) is 0 Å². The number of ether oxygens (including phenoxy) is 3. The lowest BCUT2D eigenvalue weighted by molar-refractivity contribution is -0.167. The van der Waals surface area contributed by atoms with Crippen LogP contribution in [-0.4, -0.2) is 37.2 Å². The Hall–Kier alpha value is -5.75. The summed E-state index contributed by atoms with van der Waals surface area (Å²) >= 11 is 0. The van der Waals surface area contributed by atoms with Gasteiger partial charge < -0.3 is 14.2 Å². The average molecular weight is 1140 g/mol. The number of allylic oxidation sites excluding steroid dienone is 32. The number of esters is 3. The van der Waals surface area contributed by atoms with Crippen LogP contribution in [-0.2, 0) is 28.6 Å². The molecule has 0 aliphatic rings. The maximum absolute atomic E-state index is 12.9. The van der Waals surface area contributed by atoms with E-state index >= 15 is 0 Å². The van der Waals surface area contributed by atoms with E-state index in [9.17, 15) is 14.4 Å². The molecule has 0 heterocycles. The van der Waals surface area contributed by atoms with Crippen molar-refractivity contribution in [1.82, 2.24) is 0 Å². The van der Waals surface area contributed by atoms with Gasteiger partial charge >= 0.3 is 17.9 Å². The van der Waals surface area contributed by atoms with E-state index in [2.05, 4.69) is 215 Å². The van der Waals surface area contributed by atoms with Crippen LogP contribution in [0, 0.1) is 0 Å². The molecule has 0 aromatic carbocycles. The van der Waals surface area contributed by atoms with Gasteiger partial charge in [0.1, 0.15) is 13.2 Å². The first-order valence-corrected chi connectivity index (χ1v) is 32.9. The summed E-state index contributed by atoms with van der Waals surface area (Å²) < 4.78 is 16.9. The van der Waals surface area contributed by atoms with Crippen LogP contribution >= 0.6 is 0 Å². The molecule has 0 aliphatic carbocycles. The summed E-state index contributed by atoms with van der Waals surface area (Å²) in [5.74, 6) is -0.999. The second kappa shape index (κ2) is 68.7. The van der Waals surface area contributed by atoms with Gasteiger partial charge in [-0.25, -0.2) is 0 Å². The monoisotopic (exact) mass is 1140 g/mol. The van der Waals surface area contributed by atoms with Gasteiger partial charge in [0, 0.05) is 19.3 Å². The fraction of sp³-hybridized carbons (Fsp3) is 0.545. The van der Waals surface area contributed by atoms with Gasteiger partial charge in [-0.2, -0.15) is 0 Å². The SMILES string of the molecule is CC/C=C\C/C=C\C/C=C\C/C=C\C/C=C\C/C=C\CCCCC(=O)OC(COC(=O)CCCCCCC/C=C\C/C=C\C/C=C\C/C=C\C/C=C\CC)COC(=O)CCCCCCCCC/C=C\C/C=C\C/C=C\C/C=C\C/C=C\CC. The van der Waals surface area contributed by atoms with Crippen LogP contribution in [0.25, 0.3) is 0 Å². The molecule has 0 rings (SSSR count). The molecule has 83 heavy (non-hydrogen) atoms. The summed E-state index contributed by atoms with van der Waals surface area (Å²) in [5.41, 5.74) is 0. The molecule has 0 N–H and O–H groups in total. The zero-order chi connectivity index (χ0) is 59.9. The molecule has 0 saturated heterocycles. The van der Waals surface area contributed by atoms with Gasteiger partial charge in [0.25, 0.3) is 0 Å². The summed E-state index contributed by atoms with van der Waals surface area (Å²) in [6.45, 7) is 6.23. The third-order valence-electron chi connectivity index (χ3n) is 13.1. The summed E-state index contributed by atoms with van der Waals surface area (Å²) in [7, 11) is 0. The zero-order valence-corrected chi connectivity index (χ0v) is 52.9. The fourth-order valence-corrected chi connectivity index (χ4v) is 8.26. The van der Waals surface area contributed by atoms with Crippen molar-refractivity contribution in [2.45, 2.75) is 258 Å². The van der Waals surface area contributed by atoms with Crippen molar-refractivity contribution in [3.8, 4) is 0 Å². The zero-order valence-electron chi connectivity index (χ0n) is 52.9. The minimum atomic E-state index is -0.829. The second-order valence-electron chi connectivity index (χ2n) is 20.9. The maximum atomic E-state index is 12.9. The Bertz CT molecular complexity index is 1990. The van der Waals surface area contributed by atoms with Crippen molar-refractivity contribution in [3.05, 3.63) is 194 Å². The van der Waals surface area contributed by atoms with E-state index in [0.29, 0.717) is 19.3 Å². The number of hydrogen-bond donors (Lipinski definition) is 0. The molecule has 6 heteroatoms. The summed E-state index contributed by atoms with van der Waals surface area (Å²) in [5, 5.41) is 0. The van der Waals surface area contributed by atoms with Gasteiger partial charge in [-0.3, -0.25) is 14.4 Å². The fourth-order valence-electron chi connectivity index (χ4n) is 8.26. The van der Waals surface area contributed by atoms with Crippen molar-refractivity contribution in [3.63, 3.8) is 0 Å². The van der Waals surface area contributed by atoms with Crippen LogP contribution < -0.4 is 0 Å². The molecular weight excluding hydrogens is 1020 g/mol. The minimum absolute atomic E-state index is 0.119. The van der Waals surface area contributed by atoms with Crippen molar-refractivity contribution in [2.24, 2.45) is 0 Å². The first-order valence-electron chi connectivity index (χ1n) is 32.9. The van der Waals surface area contributed by atoms with Crippen molar-refractivity contribution >= 4 is 17.9 Å². The molecule has 0 aromatic rings. The molecule has 0 amide bonds. The van der Waals surface area contributed by atoms with Crippen molar-refractivity contribution < 1.29 is 28.6 Å². The molecule has 0 radical (unpaired) electrons. The number of rotatable bonds is 57. The molecule has 0 spiro atoms. The Morgan fingerprint density at radius 1 is 0.241 bits per heavy atom. The topological polar surface area (TPSA) is 78.9 Å². The Labute approximate surface area is 509 Å². The lowest BCUT2D eigenvalue weighted by Gasteiger charge is -2.18. The first kappa shape index (κ1) is 77.2. The standard InChI is InChI=1S/C77H118O6/c1-4-7-10-13-16-19-22-25-28-31-34-37-38-41-43-46-49-52-55-58-61-64-67-70-76(79)82-73-74(83-77(80)71-68-65-62-59-56-53-50-47-44-40-36-33-30-27-24-21-18-15-12-9-6-3)72-81-75(78)69-66-63-60-57-54-51-48-45-42-39-35-32-29-26-23-20-17-14-11-8-5-2/h7-12,16-21,25-30,34-37,39-41,43,45,47-48,50,56,59,74H,4-6,13-15,22-24,31-33,38,42,44,46,49,51-55,57-58,60-73H2,1-3H3/b10-7-,11-8-,12-9-,19-16-,20-17-,21-18-,28-25-,29-26-,30-27-,37-34-,39-35-,40-36-,43-41-,48-45-,50-47-,59-56-. The van der Waals surface area contributed by atoms with E-state index in [1.807, 2.05) is 0 Å². The summed E-state index contributed by atoms with van der Waals surface area (Å²) in [6.07, 6.45) is 104. The summed E-state index contributed by atoms with van der Waals surface area (Å²) in [6, 6.07) is 0. The molecule has 0 bridgehead atoms. The third kappa shape index (κ3) is 66.9. The Balaban J connectivity index is 4.58. The van der Waals surface area contributed by atoms with Gasteiger partial charge in [0.15, 0.2) is 6.10 Å². The number of unbranched alkanes of at least 4 members (excludes halogenated alkanes) is 14. The van der Waals surface area contributed by atoms with E-state index in [-0.39, 0.29) is 37.5 Å². The number of carbonyl (C=O) groups excluding carboxylic acids is 3. The number of carbonyl (C=O) groups is 3. The molecule has 1 atom stereocenters. The van der Waals surface area contributed by atoms with Gasteiger partial charge in [0.2, 0.25) is 0 Å². The van der Waals surface area contributed by atoms with Crippen molar-refractivity contribution in [1.29, 1.82) is 0 Å². The van der Waals surface area contributed by atoms with Crippen LogP contribution in [0.1, 0.15) is 252 Å². The highest BCUT2D eigenvalue weighted by atomic mass is 16.6. The van der Waals surface area contributed by atoms with Crippen LogP contribution in [0.3, 0.4) is 0 Å². The van der Waals surface area contributed by atoms with Crippen molar-refractivity contribution in [2.75, 3.05) is 13.2 Å². The summed E-state index contributed by atoms with van der Waals surface area (Å²) in [4.78, 5) is 38.4. The molecule has 0 aliphatic heterocycles. The largest absolute Gasteiger partial charge is 0.462 e. The Morgan fingerprint density at radius 2 is 0.434 bits per heavy atom. The Morgan fingerprint density at radius 3 is 0.699 bits per heavy atom. The molecule has 6 nitrogen and oxygen atoms in total. The molecule has 0 aromatic heterocycles. The quantitative estimate of drug-likeness (QED) is 0.0261. The molecule has 1 unspecified atom stereocenters. The lowest BCUT2D eigenvalue weighted by Crippen LogP contribution is -2.30. The van der Waals surface area contributed by atoms with Gasteiger partial charge in [-0.05, 0) is 161 Å². The van der Waals surface area contributed by atoms with Crippen LogP contribution in [0.15, 0.2) is 194 Å². The third-order valence-corrected chi connectivity index (χ3v) is 13.1. The lowest BCUT2D eigenvalue weighted by atomic mass is 10.1. The highest BCUT2D eigenvalue weighted by molar-refractivity contribution is 5.71. The highest BCUT2D eigenvalue weighted by Crippen LogP contribution is 2.13. The van der Waals surface area contributed by atoms with E-state index in [1.54, 1.807) is 0 Å². The molecule has 0 saturated carbocycles. The van der Waals surface area contributed by atoms with E-state index < -0.39 is 6.10 Å². The molecular formula is C77H118O6. The van der Waals surface area contributed by atoms with E-state index in [1.165, 1.54) is 19.3 Å². The first-order chi connectivity index (χ1) is 41.0. The van der Waals surface area contributed by atoms with Crippen LogP contribution in [0.2, 0.25) is 0 Å². The van der Waals surface area contributed by atoms with Gasteiger partial charge in [-0.1, -0.05) is 267 Å². The normalized spacial score (nSPS) is 13.4. The predicted octanol–water partition coefficient (Wildman–Crippen LogP) is 23.0. The van der Waals surface area contributed by atoms with E-state index in [0.717, 1.165) is 186 Å². The highest BCUT2D eigenvalue weighted by Gasteiger charge is 2.19. The maximum Gasteiger partial charge on any atom is 0.306 e. The predicted molar refractivity (Wildman–Crippen MR) is 361 cm³/mol. The molecule has 462 valence electrons. The Kier molecular flexibility index (Phi) is 64.0. The number of hydrogen-bond acceptors (Lipinski definition) is 6. The van der Waals surface area contributed by atoms with E-state index in [4.69, 9.17) is 14.2 Å².